The van der Waals surface area contributed by atoms with Crippen molar-refractivity contribution in [3.63, 3.8) is 0 Å². The lowest BCUT2D eigenvalue weighted by atomic mass is 9.96. The van der Waals surface area contributed by atoms with Crippen LogP contribution in [0.5, 0.6) is 0 Å². The zero-order valence-electron chi connectivity index (χ0n) is 16.4. The maximum absolute atomic E-state index is 13.1. The third kappa shape index (κ3) is 5.70. The molecule has 0 radical (unpaired) electrons. The topological polar surface area (TPSA) is 79.5 Å². The first-order chi connectivity index (χ1) is 13.9. The fourth-order valence-electron chi connectivity index (χ4n) is 3.41. The van der Waals surface area contributed by atoms with Crippen LogP contribution in [-0.4, -0.2) is 32.0 Å². The highest BCUT2D eigenvalue weighted by atomic mass is 35.5. The van der Waals surface area contributed by atoms with Gasteiger partial charge in [-0.3, -0.25) is 9.79 Å². The molecule has 1 amide bonds. The van der Waals surface area contributed by atoms with Crippen LogP contribution in [0.1, 0.15) is 24.0 Å². The Morgan fingerprint density at radius 3 is 2.55 bits per heavy atom. The fourth-order valence-corrected chi connectivity index (χ4v) is 3.60. The summed E-state index contributed by atoms with van der Waals surface area (Å²) in [5.41, 5.74) is 7.71. The van der Waals surface area contributed by atoms with Gasteiger partial charge < -0.3 is 16.4 Å². The molecule has 0 spiro atoms. The molecule has 0 aromatic heterocycles. The Kier molecular flexibility index (Phi) is 6.75. The van der Waals surface area contributed by atoms with E-state index < -0.39 is 11.8 Å². The maximum atomic E-state index is 13.1. The summed E-state index contributed by atoms with van der Waals surface area (Å²) in [5.74, 6) is -0.527. The Bertz CT molecular complexity index is 881. The monoisotopic (exact) mass is 416 g/mol. The number of carbonyl (C=O) groups excluding carboxylic acids is 1. The van der Waals surface area contributed by atoms with E-state index in [1.165, 1.54) is 17.7 Å². The van der Waals surface area contributed by atoms with E-state index >= 15 is 0 Å². The number of halogens is 2. The second kappa shape index (κ2) is 9.27. The molecule has 0 aliphatic heterocycles. The van der Waals surface area contributed by atoms with Crippen LogP contribution in [0, 0.1) is 11.7 Å². The predicted molar refractivity (Wildman–Crippen MR) is 115 cm³/mol. The van der Waals surface area contributed by atoms with Crippen molar-refractivity contribution in [2.75, 3.05) is 20.1 Å². The van der Waals surface area contributed by atoms with Gasteiger partial charge in [0.25, 0.3) is 0 Å². The van der Waals surface area contributed by atoms with Gasteiger partial charge in [-0.2, -0.15) is 0 Å². The Morgan fingerprint density at radius 2 is 1.97 bits per heavy atom. The Morgan fingerprint density at radius 1 is 1.24 bits per heavy atom. The summed E-state index contributed by atoms with van der Waals surface area (Å²) in [7, 11) is 1.69. The number of nitrogens with zero attached hydrogens (tertiary/aromatic N) is 1. The zero-order chi connectivity index (χ0) is 20.9. The first kappa shape index (κ1) is 21.1. The summed E-state index contributed by atoms with van der Waals surface area (Å²) in [4.78, 5) is 16.1. The molecule has 29 heavy (non-hydrogen) atoms. The van der Waals surface area contributed by atoms with Crippen LogP contribution in [0.25, 0.3) is 0 Å². The molecule has 1 unspecified atom stereocenters. The van der Waals surface area contributed by atoms with Crippen molar-refractivity contribution in [1.82, 2.24) is 10.6 Å². The largest absolute Gasteiger partial charge is 0.369 e. The molecule has 1 fully saturated rings. The molecule has 0 heterocycles. The molecule has 5 nitrogen and oxygen atoms in total. The van der Waals surface area contributed by atoms with Gasteiger partial charge in [0.05, 0.1) is 5.92 Å². The summed E-state index contributed by atoms with van der Waals surface area (Å²) < 4.78 is 13.1. The van der Waals surface area contributed by atoms with E-state index in [2.05, 4.69) is 21.7 Å². The molecule has 2 aromatic carbocycles. The fraction of sp³-hybridized carbons (Fsp3) is 0.364. The zero-order valence-corrected chi connectivity index (χ0v) is 17.2. The van der Waals surface area contributed by atoms with E-state index in [0.29, 0.717) is 18.9 Å². The van der Waals surface area contributed by atoms with Crippen LogP contribution in [0.15, 0.2) is 53.5 Å². The SMILES string of the molecule is CN=C(NCC(Cc1ccc(F)cc1)C(N)=O)NCC1(c2cccc(Cl)c2)CC1. The maximum Gasteiger partial charge on any atom is 0.222 e. The lowest BCUT2D eigenvalue weighted by Gasteiger charge is -2.21. The second-order valence-corrected chi connectivity index (χ2v) is 7.96. The van der Waals surface area contributed by atoms with Crippen molar-refractivity contribution in [2.45, 2.75) is 24.7 Å². The minimum atomic E-state index is -0.429. The van der Waals surface area contributed by atoms with Crippen molar-refractivity contribution in [3.05, 3.63) is 70.5 Å². The highest BCUT2D eigenvalue weighted by molar-refractivity contribution is 6.30. The number of aliphatic imine (C=N–C) groups is 1. The van der Waals surface area contributed by atoms with Gasteiger partial charge in [0.1, 0.15) is 5.82 Å². The highest BCUT2D eigenvalue weighted by Crippen LogP contribution is 2.48. The molecule has 1 aliphatic carbocycles. The van der Waals surface area contributed by atoms with Gasteiger partial charge in [0.15, 0.2) is 5.96 Å². The molecule has 7 heteroatoms. The van der Waals surface area contributed by atoms with Crippen molar-refractivity contribution in [1.29, 1.82) is 0 Å². The molecule has 1 saturated carbocycles. The number of primary amides is 1. The van der Waals surface area contributed by atoms with Crippen molar-refractivity contribution >= 4 is 23.5 Å². The molecule has 0 saturated heterocycles. The smallest absolute Gasteiger partial charge is 0.222 e. The Hall–Kier alpha value is -2.60. The van der Waals surface area contributed by atoms with Crippen molar-refractivity contribution < 1.29 is 9.18 Å². The van der Waals surface area contributed by atoms with E-state index in [1.807, 2.05) is 18.2 Å². The lowest BCUT2D eigenvalue weighted by Crippen LogP contribution is -2.45. The summed E-state index contributed by atoms with van der Waals surface area (Å²) in [6, 6.07) is 14.1. The average molecular weight is 417 g/mol. The summed E-state index contributed by atoms with van der Waals surface area (Å²) in [6.45, 7) is 1.07. The van der Waals surface area contributed by atoms with Crippen molar-refractivity contribution in [3.8, 4) is 0 Å². The number of amides is 1. The molecule has 1 atom stereocenters. The van der Waals surface area contributed by atoms with E-state index in [-0.39, 0.29) is 11.2 Å². The number of guanidine groups is 1. The molecule has 2 aromatic rings. The summed E-state index contributed by atoms with van der Waals surface area (Å²) in [5, 5.41) is 7.27. The molecule has 1 aliphatic rings. The average Bonchev–Trinajstić information content (AvgIpc) is 3.49. The van der Waals surface area contributed by atoms with Crippen LogP contribution in [-0.2, 0) is 16.6 Å². The van der Waals surface area contributed by atoms with Crippen LogP contribution in [0.4, 0.5) is 4.39 Å². The quantitative estimate of drug-likeness (QED) is 0.457. The number of nitrogens with two attached hydrogens (primary N) is 1. The number of benzene rings is 2. The Labute approximate surface area is 175 Å². The van der Waals surface area contributed by atoms with Gasteiger partial charge >= 0.3 is 0 Å². The predicted octanol–water partition coefficient (Wildman–Crippen LogP) is 3.02. The van der Waals surface area contributed by atoms with Gasteiger partial charge in [-0.15, -0.1) is 0 Å². The van der Waals surface area contributed by atoms with Crippen LogP contribution >= 0.6 is 11.6 Å². The Balaban J connectivity index is 1.55. The number of rotatable bonds is 8. The van der Waals surface area contributed by atoms with Gasteiger partial charge in [-0.05, 0) is 54.7 Å². The molecule has 3 rings (SSSR count). The van der Waals surface area contributed by atoms with Gasteiger partial charge in [-0.25, -0.2) is 4.39 Å². The third-order valence-electron chi connectivity index (χ3n) is 5.42. The summed E-state index contributed by atoms with van der Waals surface area (Å²) in [6.07, 6.45) is 2.61. The lowest BCUT2D eigenvalue weighted by molar-refractivity contribution is -0.121. The molecular formula is C22H26ClFN4O. The van der Waals surface area contributed by atoms with Crippen LogP contribution < -0.4 is 16.4 Å². The minimum absolute atomic E-state index is 0.0692. The van der Waals surface area contributed by atoms with E-state index in [9.17, 15) is 9.18 Å². The van der Waals surface area contributed by atoms with Gasteiger partial charge in [0, 0.05) is 30.6 Å². The van der Waals surface area contributed by atoms with E-state index in [4.69, 9.17) is 17.3 Å². The van der Waals surface area contributed by atoms with Crippen molar-refractivity contribution in [2.24, 2.45) is 16.6 Å². The van der Waals surface area contributed by atoms with Gasteiger partial charge in [0.2, 0.25) is 5.91 Å². The highest BCUT2D eigenvalue weighted by Gasteiger charge is 2.44. The first-order valence-electron chi connectivity index (χ1n) is 9.66. The third-order valence-corrected chi connectivity index (χ3v) is 5.66. The molecule has 0 bridgehead atoms. The molecule has 4 N–H and O–H groups in total. The van der Waals surface area contributed by atoms with Crippen LogP contribution in [0.3, 0.4) is 0 Å². The van der Waals surface area contributed by atoms with Crippen LogP contribution in [0.2, 0.25) is 5.02 Å². The second-order valence-electron chi connectivity index (χ2n) is 7.53. The molecule has 154 valence electrons. The van der Waals surface area contributed by atoms with E-state index in [1.54, 1.807) is 19.2 Å². The standard InChI is InChI=1S/C22H26ClFN4O/c1-26-21(28-14-22(9-10-22)17-3-2-4-18(23)12-17)27-13-16(20(25)29)11-15-5-7-19(24)8-6-15/h2-8,12,16H,9-11,13-14H2,1H3,(H2,25,29)(H2,26,27,28). The normalized spacial score (nSPS) is 16.2. The molecular weight excluding hydrogens is 391 g/mol. The van der Waals surface area contributed by atoms with Gasteiger partial charge in [-0.1, -0.05) is 35.9 Å². The number of carbonyl (C=O) groups is 1. The first-order valence-corrected chi connectivity index (χ1v) is 10.0. The number of hydrogen-bond donors (Lipinski definition) is 3. The number of hydrogen-bond acceptors (Lipinski definition) is 2. The minimum Gasteiger partial charge on any atom is -0.369 e. The van der Waals surface area contributed by atoms with E-state index in [0.717, 1.165) is 30.0 Å². The summed E-state index contributed by atoms with van der Waals surface area (Å²) >= 11 is 6.14. The number of nitrogens with one attached hydrogen (secondary N) is 2.